The van der Waals surface area contributed by atoms with E-state index >= 15 is 0 Å². The zero-order chi connectivity index (χ0) is 9.19. The summed E-state index contributed by atoms with van der Waals surface area (Å²) in [6, 6.07) is 0.528. The van der Waals surface area contributed by atoms with Crippen molar-refractivity contribution >= 4 is 11.8 Å². The van der Waals surface area contributed by atoms with E-state index in [1.165, 1.54) is 0 Å². The van der Waals surface area contributed by atoms with E-state index in [0.29, 0.717) is 11.3 Å². The molecule has 1 N–H and O–H groups in total. The van der Waals surface area contributed by atoms with Gasteiger partial charge in [0.2, 0.25) is 0 Å². The van der Waals surface area contributed by atoms with Crippen LogP contribution in [-0.4, -0.2) is 36.3 Å². The molecule has 0 radical (unpaired) electrons. The molecule has 0 bridgehead atoms. The molecule has 0 aliphatic carbocycles. The van der Waals surface area contributed by atoms with Gasteiger partial charge in [0, 0.05) is 16.8 Å². The van der Waals surface area contributed by atoms with Crippen molar-refractivity contribution in [2.45, 2.75) is 37.6 Å². The van der Waals surface area contributed by atoms with Gasteiger partial charge in [0.25, 0.3) is 0 Å². The molecule has 1 rings (SSSR count). The van der Waals surface area contributed by atoms with Crippen LogP contribution < -0.4 is 5.32 Å². The number of nitrogens with one attached hydrogen (secondary N) is 1. The van der Waals surface area contributed by atoms with Gasteiger partial charge >= 0.3 is 0 Å². The average molecular weight is 189 g/mol. The zero-order valence-electron chi connectivity index (χ0n) is 8.39. The smallest absolute Gasteiger partial charge is 0.0632 e. The molecule has 1 fully saturated rings. The van der Waals surface area contributed by atoms with Crippen LogP contribution in [0.15, 0.2) is 0 Å². The molecule has 2 unspecified atom stereocenters. The molecular weight excluding hydrogens is 170 g/mol. The molecule has 1 aliphatic rings. The first-order valence-corrected chi connectivity index (χ1v) is 5.70. The van der Waals surface area contributed by atoms with Gasteiger partial charge in [-0.2, -0.15) is 11.8 Å². The fourth-order valence-electron chi connectivity index (χ4n) is 1.46. The first-order valence-electron chi connectivity index (χ1n) is 4.41. The Morgan fingerprint density at radius 1 is 1.33 bits per heavy atom. The van der Waals surface area contributed by atoms with E-state index in [0.717, 1.165) is 13.2 Å². The number of hydrogen-bond acceptors (Lipinski definition) is 3. The maximum Gasteiger partial charge on any atom is 0.0632 e. The molecule has 0 aromatic carbocycles. The van der Waals surface area contributed by atoms with E-state index in [1.54, 1.807) is 0 Å². The quantitative estimate of drug-likeness (QED) is 0.711. The van der Waals surface area contributed by atoms with Crippen LogP contribution >= 0.6 is 11.8 Å². The van der Waals surface area contributed by atoms with Crippen LogP contribution in [-0.2, 0) is 4.74 Å². The fraction of sp³-hybridized carbons (Fsp3) is 1.00. The Morgan fingerprint density at radius 2 is 2.00 bits per heavy atom. The highest BCUT2D eigenvalue weighted by molar-refractivity contribution is 7.99. The van der Waals surface area contributed by atoms with E-state index < -0.39 is 0 Å². The molecule has 1 aliphatic heterocycles. The molecular formula is C9H19NOS. The van der Waals surface area contributed by atoms with Gasteiger partial charge in [0.1, 0.15) is 0 Å². The maximum absolute atomic E-state index is 5.42. The lowest BCUT2D eigenvalue weighted by Crippen LogP contribution is -2.48. The first kappa shape index (κ1) is 10.4. The number of rotatable bonds is 2. The topological polar surface area (TPSA) is 21.3 Å². The van der Waals surface area contributed by atoms with Gasteiger partial charge in [0.15, 0.2) is 0 Å². The second kappa shape index (κ2) is 3.99. The second-order valence-corrected chi connectivity index (χ2v) is 5.39. The molecule has 2 atom stereocenters. The minimum absolute atomic E-state index is 0.201. The van der Waals surface area contributed by atoms with Gasteiger partial charge in [0.05, 0.1) is 13.2 Å². The van der Waals surface area contributed by atoms with Crippen LogP contribution in [0, 0.1) is 0 Å². The fourth-order valence-corrected chi connectivity index (χ4v) is 2.17. The van der Waals surface area contributed by atoms with E-state index in [1.807, 2.05) is 11.8 Å². The largest absolute Gasteiger partial charge is 0.379 e. The van der Waals surface area contributed by atoms with Gasteiger partial charge in [-0.05, 0) is 27.0 Å². The lowest BCUT2D eigenvalue weighted by atomic mass is 10.1. The Kier molecular flexibility index (Phi) is 3.44. The van der Waals surface area contributed by atoms with Crippen LogP contribution in [0.4, 0.5) is 0 Å². The van der Waals surface area contributed by atoms with Crippen molar-refractivity contribution in [1.29, 1.82) is 0 Å². The molecule has 0 aromatic heterocycles. The molecule has 0 spiro atoms. The van der Waals surface area contributed by atoms with Crippen LogP contribution in [0.1, 0.15) is 20.8 Å². The van der Waals surface area contributed by atoms with Crippen molar-refractivity contribution in [2.24, 2.45) is 0 Å². The molecule has 1 saturated heterocycles. The van der Waals surface area contributed by atoms with E-state index in [-0.39, 0.29) is 5.54 Å². The first-order chi connectivity index (χ1) is 5.53. The summed E-state index contributed by atoms with van der Waals surface area (Å²) in [7, 11) is 0. The van der Waals surface area contributed by atoms with Crippen molar-refractivity contribution in [3.05, 3.63) is 0 Å². The third-order valence-electron chi connectivity index (χ3n) is 1.95. The lowest BCUT2D eigenvalue weighted by Gasteiger charge is -2.27. The normalized spacial score (nSPS) is 31.0. The summed E-state index contributed by atoms with van der Waals surface area (Å²) in [6.07, 6.45) is 2.15. The molecule has 72 valence electrons. The van der Waals surface area contributed by atoms with Gasteiger partial charge in [-0.3, -0.25) is 0 Å². The SMILES string of the molecule is CSC1COCC1NC(C)(C)C. The predicted octanol–water partition coefficient (Wildman–Crippen LogP) is 1.50. The Hall–Kier alpha value is 0.270. The van der Waals surface area contributed by atoms with Gasteiger partial charge in [-0.1, -0.05) is 0 Å². The highest BCUT2D eigenvalue weighted by Crippen LogP contribution is 2.20. The van der Waals surface area contributed by atoms with Gasteiger partial charge in [-0.25, -0.2) is 0 Å². The molecule has 3 heteroatoms. The van der Waals surface area contributed by atoms with Gasteiger partial charge in [-0.15, -0.1) is 0 Å². The van der Waals surface area contributed by atoms with Crippen LogP contribution in [0.3, 0.4) is 0 Å². The second-order valence-electron chi connectivity index (χ2n) is 4.31. The summed E-state index contributed by atoms with van der Waals surface area (Å²) in [6.45, 7) is 8.35. The Bertz CT molecular complexity index is 144. The third-order valence-corrected chi connectivity index (χ3v) is 3.02. The molecule has 2 nitrogen and oxygen atoms in total. The van der Waals surface area contributed by atoms with Crippen molar-refractivity contribution in [3.8, 4) is 0 Å². The highest BCUT2D eigenvalue weighted by Gasteiger charge is 2.29. The van der Waals surface area contributed by atoms with Crippen molar-refractivity contribution in [1.82, 2.24) is 5.32 Å². The van der Waals surface area contributed by atoms with Crippen LogP contribution in [0.25, 0.3) is 0 Å². The predicted molar refractivity (Wildman–Crippen MR) is 54.8 cm³/mol. The third kappa shape index (κ3) is 2.96. The maximum atomic E-state index is 5.42. The van der Waals surface area contributed by atoms with Crippen molar-refractivity contribution < 1.29 is 4.74 Å². The Balaban J connectivity index is 2.41. The Labute approximate surface area is 79.4 Å². The summed E-state index contributed by atoms with van der Waals surface area (Å²) in [4.78, 5) is 0. The van der Waals surface area contributed by atoms with E-state index in [2.05, 4.69) is 32.3 Å². The number of ether oxygens (including phenoxy) is 1. The minimum atomic E-state index is 0.201. The monoisotopic (exact) mass is 189 g/mol. The Morgan fingerprint density at radius 3 is 2.50 bits per heavy atom. The summed E-state index contributed by atoms with van der Waals surface area (Å²) in [5.41, 5.74) is 0.201. The van der Waals surface area contributed by atoms with Crippen molar-refractivity contribution in [3.63, 3.8) is 0 Å². The average Bonchev–Trinajstić information content (AvgIpc) is 2.31. The van der Waals surface area contributed by atoms with Gasteiger partial charge < -0.3 is 10.1 Å². The number of hydrogen-bond donors (Lipinski definition) is 1. The van der Waals surface area contributed by atoms with E-state index in [9.17, 15) is 0 Å². The van der Waals surface area contributed by atoms with Crippen LogP contribution in [0.2, 0.25) is 0 Å². The minimum Gasteiger partial charge on any atom is -0.379 e. The standard InChI is InChI=1S/C9H19NOS/c1-9(2,3)10-7-5-11-6-8(7)12-4/h7-8,10H,5-6H2,1-4H3. The molecule has 1 heterocycles. The highest BCUT2D eigenvalue weighted by atomic mass is 32.2. The summed E-state index contributed by atoms with van der Waals surface area (Å²) < 4.78 is 5.42. The zero-order valence-corrected chi connectivity index (χ0v) is 9.20. The van der Waals surface area contributed by atoms with Crippen LogP contribution in [0.5, 0.6) is 0 Å². The summed E-state index contributed by atoms with van der Waals surface area (Å²) in [5, 5.41) is 4.20. The van der Waals surface area contributed by atoms with E-state index in [4.69, 9.17) is 4.74 Å². The number of thioether (sulfide) groups is 1. The summed E-state index contributed by atoms with van der Waals surface area (Å²) in [5.74, 6) is 0. The lowest BCUT2D eigenvalue weighted by molar-refractivity contribution is 0.185. The summed E-state index contributed by atoms with van der Waals surface area (Å²) >= 11 is 1.89. The molecule has 0 saturated carbocycles. The molecule has 0 amide bonds. The van der Waals surface area contributed by atoms with Crippen molar-refractivity contribution in [2.75, 3.05) is 19.5 Å². The molecule has 12 heavy (non-hydrogen) atoms. The molecule has 0 aromatic rings.